The molecule has 2 aromatic rings. The second-order valence-corrected chi connectivity index (χ2v) is 5.06. The highest BCUT2D eigenvalue weighted by Crippen LogP contribution is 2.20. The molecule has 0 aliphatic rings. The maximum Gasteiger partial charge on any atom is 0.265 e. The Hall–Kier alpha value is -2.26. The van der Waals surface area contributed by atoms with Gasteiger partial charge in [0.25, 0.3) is 5.56 Å². The second-order valence-electron chi connectivity index (χ2n) is 4.20. The van der Waals surface area contributed by atoms with Crippen molar-refractivity contribution in [3.05, 3.63) is 56.4 Å². The van der Waals surface area contributed by atoms with E-state index in [-0.39, 0.29) is 5.56 Å². The molecule has 2 rings (SSSR count). The average Bonchev–Trinajstić information content (AvgIpc) is 2.44. The molecule has 0 atom stereocenters. The molecule has 0 fully saturated rings. The predicted molar refractivity (Wildman–Crippen MR) is 79.6 cm³/mol. The number of aromatic nitrogens is 1. The maximum absolute atomic E-state index is 12.0. The summed E-state index contributed by atoms with van der Waals surface area (Å²) in [5, 5.41) is 8.94. The molecule has 2 N–H and O–H groups in total. The van der Waals surface area contributed by atoms with Gasteiger partial charge in [-0.1, -0.05) is 6.07 Å². The maximum atomic E-state index is 12.0. The third kappa shape index (κ3) is 2.83. The fourth-order valence-corrected chi connectivity index (χ4v) is 2.35. The van der Waals surface area contributed by atoms with E-state index in [1.54, 1.807) is 30.5 Å². The van der Waals surface area contributed by atoms with Gasteiger partial charge in [0.2, 0.25) is 0 Å². The highest BCUT2D eigenvalue weighted by molar-refractivity contribution is 9.10. The highest BCUT2D eigenvalue weighted by Gasteiger charge is 2.07. The van der Waals surface area contributed by atoms with E-state index in [1.807, 2.05) is 6.07 Å². The van der Waals surface area contributed by atoms with Crippen LogP contribution in [-0.2, 0) is 6.54 Å². The summed E-state index contributed by atoms with van der Waals surface area (Å²) in [5.41, 5.74) is 7.36. The minimum absolute atomic E-state index is 0.164. The summed E-state index contributed by atoms with van der Waals surface area (Å²) in [6, 6.07) is 8.80. The minimum atomic E-state index is -0.164. The Bertz CT molecular complexity index is 747. The number of nitrogen functional groups attached to an aromatic ring is 1. The van der Waals surface area contributed by atoms with Crippen LogP contribution in [0.1, 0.15) is 11.1 Å². The molecule has 6 heteroatoms. The molecule has 0 amide bonds. The Morgan fingerprint density at radius 2 is 2.20 bits per heavy atom. The Kier molecular flexibility index (Phi) is 4.11. The molecule has 5 nitrogen and oxygen atoms in total. The number of anilines is 1. The smallest absolute Gasteiger partial charge is 0.265 e. The molecule has 0 bridgehead atoms. The lowest BCUT2D eigenvalue weighted by molar-refractivity contribution is 0.413. The number of pyridine rings is 1. The van der Waals surface area contributed by atoms with Crippen molar-refractivity contribution in [3.63, 3.8) is 0 Å². The molecule has 0 saturated carbocycles. The monoisotopic (exact) mass is 333 g/mol. The van der Waals surface area contributed by atoms with Crippen molar-refractivity contribution in [2.75, 3.05) is 12.8 Å². The van der Waals surface area contributed by atoms with Crippen LogP contribution >= 0.6 is 15.9 Å². The second kappa shape index (κ2) is 5.80. The Morgan fingerprint density at radius 1 is 1.45 bits per heavy atom. The molecule has 1 aromatic heterocycles. The lowest BCUT2D eigenvalue weighted by Crippen LogP contribution is -2.21. The van der Waals surface area contributed by atoms with Gasteiger partial charge in [0.05, 0.1) is 23.7 Å². The van der Waals surface area contributed by atoms with Crippen molar-refractivity contribution in [3.8, 4) is 11.8 Å². The van der Waals surface area contributed by atoms with Crippen molar-refractivity contribution in [1.82, 2.24) is 4.57 Å². The van der Waals surface area contributed by atoms with Crippen LogP contribution in [0.3, 0.4) is 0 Å². The summed E-state index contributed by atoms with van der Waals surface area (Å²) < 4.78 is 7.06. The van der Waals surface area contributed by atoms with Crippen molar-refractivity contribution in [2.24, 2.45) is 0 Å². The van der Waals surface area contributed by atoms with Crippen LogP contribution in [0.4, 0.5) is 5.69 Å². The number of halogens is 1. The lowest BCUT2D eigenvalue weighted by Gasteiger charge is -2.10. The summed E-state index contributed by atoms with van der Waals surface area (Å²) in [7, 11) is 1.50. The quantitative estimate of drug-likeness (QED) is 0.932. The van der Waals surface area contributed by atoms with Crippen molar-refractivity contribution < 1.29 is 4.74 Å². The summed E-state index contributed by atoms with van der Waals surface area (Å²) in [6.45, 7) is 0.352. The fraction of sp³-hybridized carbons (Fsp3) is 0.143. The van der Waals surface area contributed by atoms with Crippen LogP contribution < -0.4 is 16.0 Å². The van der Waals surface area contributed by atoms with E-state index in [1.165, 1.54) is 11.7 Å². The number of nitrogens with zero attached hydrogens (tertiary/aromatic N) is 2. The van der Waals surface area contributed by atoms with Gasteiger partial charge >= 0.3 is 0 Å². The van der Waals surface area contributed by atoms with Crippen molar-refractivity contribution in [2.45, 2.75) is 6.54 Å². The van der Waals surface area contributed by atoms with Gasteiger partial charge in [-0.25, -0.2) is 0 Å². The van der Waals surface area contributed by atoms with Crippen LogP contribution in [0.2, 0.25) is 0 Å². The number of hydrogen-bond donors (Lipinski definition) is 1. The number of nitriles is 1. The van der Waals surface area contributed by atoms with E-state index in [9.17, 15) is 4.79 Å². The van der Waals surface area contributed by atoms with Crippen LogP contribution in [0.15, 0.2) is 39.7 Å². The molecule has 20 heavy (non-hydrogen) atoms. The van der Waals surface area contributed by atoms with Crippen LogP contribution in [-0.4, -0.2) is 11.7 Å². The summed E-state index contributed by atoms with van der Waals surface area (Å²) >= 11 is 3.18. The topological polar surface area (TPSA) is 81.0 Å². The highest BCUT2D eigenvalue weighted by atomic mass is 79.9. The molecule has 1 heterocycles. The molecule has 0 aliphatic carbocycles. The molecule has 1 aromatic carbocycles. The molecule has 0 saturated heterocycles. The first-order valence-corrected chi connectivity index (χ1v) is 6.57. The Morgan fingerprint density at radius 3 is 2.85 bits per heavy atom. The zero-order chi connectivity index (χ0) is 14.7. The predicted octanol–water partition coefficient (Wildman–Crippen LogP) is 2.12. The van der Waals surface area contributed by atoms with Crippen molar-refractivity contribution >= 4 is 21.6 Å². The van der Waals surface area contributed by atoms with E-state index in [4.69, 9.17) is 15.7 Å². The number of nitrogens with two attached hydrogens (primary N) is 1. The average molecular weight is 334 g/mol. The molecular weight excluding hydrogens is 322 g/mol. The van der Waals surface area contributed by atoms with Crippen LogP contribution in [0, 0.1) is 11.3 Å². The first-order valence-electron chi connectivity index (χ1n) is 5.77. The molecular formula is C14H12BrN3O2. The van der Waals surface area contributed by atoms with Gasteiger partial charge < -0.3 is 15.0 Å². The summed E-state index contributed by atoms with van der Waals surface area (Å²) in [5.74, 6) is 0.487. The van der Waals surface area contributed by atoms with E-state index in [2.05, 4.69) is 15.9 Å². The Labute approximate surface area is 124 Å². The van der Waals surface area contributed by atoms with Gasteiger partial charge in [0, 0.05) is 11.9 Å². The molecule has 0 spiro atoms. The van der Waals surface area contributed by atoms with Gasteiger partial charge in [0.15, 0.2) is 0 Å². The van der Waals surface area contributed by atoms with Gasteiger partial charge in [-0.3, -0.25) is 4.79 Å². The van der Waals surface area contributed by atoms with Gasteiger partial charge in [-0.15, -0.1) is 0 Å². The van der Waals surface area contributed by atoms with Gasteiger partial charge in [0.1, 0.15) is 11.8 Å². The normalized spacial score (nSPS) is 10.1. The molecule has 0 unspecified atom stereocenters. The van der Waals surface area contributed by atoms with E-state index in [0.29, 0.717) is 28.0 Å². The summed E-state index contributed by atoms with van der Waals surface area (Å²) in [6.07, 6.45) is 1.58. The lowest BCUT2D eigenvalue weighted by atomic mass is 10.1. The van der Waals surface area contributed by atoms with Crippen molar-refractivity contribution in [1.29, 1.82) is 5.26 Å². The number of methoxy groups -OCH3 is 1. The number of ether oxygens (including phenoxy) is 1. The third-order valence-electron chi connectivity index (χ3n) is 2.80. The van der Waals surface area contributed by atoms with Gasteiger partial charge in [-0.05, 0) is 39.7 Å². The van der Waals surface area contributed by atoms with Crippen LogP contribution in [0.5, 0.6) is 5.75 Å². The third-order valence-corrected chi connectivity index (χ3v) is 3.37. The summed E-state index contributed by atoms with van der Waals surface area (Å²) in [4.78, 5) is 12.0. The van der Waals surface area contributed by atoms with E-state index in [0.717, 1.165) is 5.56 Å². The number of rotatable bonds is 3. The van der Waals surface area contributed by atoms with Gasteiger partial charge in [-0.2, -0.15) is 5.26 Å². The first kappa shape index (κ1) is 14.2. The number of hydrogen-bond acceptors (Lipinski definition) is 4. The first-order chi connectivity index (χ1) is 9.55. The zero-order valence-corrected chi connectivity index (χ0v) is 12.3. The van der Waals surface area contributed by atoms with Crippen LogP contribution in [0.25, 0.3) is 0 Å². The largest absolute Gasteiger partial charge is 0.495 e. The standard InChI is InChI=1S/C14H12BrN3O2/c1-20-13-4-9(2-3-10(13)6-16)7-18-8-11(17)5-12(15)14(18)19/h2-5,8H,7,17H2,1H3. The SMILES string of the molecule is COc1cc(Cn2cc(N)cc(Br)c2=O)ccc1C#N. The molecule has 102 valence electrons. The number of benzene rings is 1. The molecule has 0 radical (unpaired) electrons. The zero-order valence-electron chi connectivity index (χ0n) is 10.8. The Balaban J connectivity index is 2.41. The molecule has 0 aliphatic heterocycles. The van der Waals surface area contributed by atoms with E-state index >= 15 is 0 Å². The fourth-order valence-electron chi connectivity index (χ4n) is 1.86. The van der Waals surface area contributed by atoms with E-state index < -0.39 is 0 Å². The minimum Gasteiger partial charge on any atom is -0.495 e.